The van der Waals surface area contributed by atoms with Crippen LogP contribution in [0.1, 0.15) is 25.0 Å². The molecule has 3 nitrogen and oxygen atoms in total. The average Bonchev–Trinajstić information content (AvgIpc) is 3.87. The number of aromatic nitrogens is 3. The van der Waals surface area contributed by atoms with Crippen molar-refractivity contribution < 1.29 is 0 Å². The van der Waals surface area contributed by atoms with Crippen molar-refractivity contribution in [3.63, 3.8) is 0 Å². The molecule has 0 unspecified atom stereocenters. The molecule has 2 aliphatic rings. The maximum absolute atomic E-state index is 5.68. The minimum absolute atomic E-state index is 0.0670. The molecule has 2 aromatic heterocycles. The number of rotatable bonds is 5. The van der Waals surface area contributed by atoms with Crippen LogP contribution in [0.2, 0.25) is 0 Å². The van der Waals surface area contributed by atoms with Crippen LogP contribution in [0.25, 0.3) is 72.4 Å². The van der Waals surface area contributed by atoms with Crippen molar-refractivity contribution in [2.75, 3.05) is 0 Å². The van der Waals surface area contributed by atoms with Gasteiger partial charge >= 0.3 is 299 Å². The van der Waals surface area contributed by atoms with Gasteiger partial charge < -0.3 is 0 Å². The Morgan fingerprint density at radius 3 is 1.80 bits per heavy atom. The van der Waals surface area contributed by atoms with Gasteiger partial charge in [0.25, 0.3) is 0 Å². The van der Waals surface area contributed by atoms with Crippen molar-refractivity contribution in [1.82, 2.24) is 14.5 Å². The van der Waals surface area contributed by atoms with Gasteiger partial charge in [0.05, 0.1) is 0 Å². The first-order valence-corrected chi connectivity index (χ1v) is 24.7. The molecule has 0 spiro atoms. The van der Waals surface area contributed by atoms with Crippen LogP contribution in [0.4, 0.5) is 0 Å². The zero-order chi connectivity index (χ0) is 39.3. The van der Waals surface area contributed by atoms with Gasteiger partial charge in [0.1, 0.15) is 0 Å². The van der Waals surface area contributed by atoms with Gasteiger partial charge in [-0.1, -0.05) is 38.1 Å². The third-order valence-electron chi connectivity index (χ3n) is 13.1. The molecule has 1 aliphatic heterocycles. The molecule has 0 amide bonds. The summed E-state index contributed by atoms with van der Waals surface area (Å²) in [6.07, 6.45) is 0. The SMILES string of the molecule is CC1(C)c2ccccc2-c2cc3c(cc21)c1ccccc1n3-c1ccc(-c2nc(-c3ccccc3)n[c]3c2-c2cccc[c]2[Ge]3([c]2ccccc2)[c]2ccccc2)cc1. The average molecular weight is 815 g/mol. The van der Waals surface area contributed by atoms with E-state index in [1.807, 2.05) is 0 Å². The van der Waals surface area contributed by atoms with Crippen molar-refractivity contribution in [3.05, 3.63) is 211 Å². The van der Waals surface area contributed by atoms with Crippen LogP contribution in [0.5, 0.6) is 0 Å². The zero-order valence-electron chi connectivity index (χ0n) is 32.9. The van der Waals surface area contributed by atoms with E-state index in [1.165, 1.54) is 67.3 Å². The van der Waals surface area contributed by atoms with Crippen LogP contribution in [-0.2, 0) is 5.41 Å². The van der Waals surface area contributed by atoms with Gasteiger partial charge in [-0.3, -0.25) is 0 Å². The molecular weight excluding hydrogens is 775 g/mol. The summed E-state index contributed by atoms with van der Waals surface area (Å²) in [7, 11) is 0. The third-order valence-corrected chi connectivity index (χ3v) is 23.0. The molecule has 0 saturated carbocycles. The molecule has 12 rings (SSSR count). The molecule has 3 heterocycles. The van der Waals surface area contributed by atoms with E-state index in [4.69, 9.17) is 9.97 Å². The molecular formula is C55H39GeN3. The Morgan fingerprint density at radius 2 is 1.07 bits per heavy atom. The fraction of sp³-hybridized carbons (Fsp3) is 0.0545. The quantitative estimate of drug-likeness (QED) is 0.162. The summed E-state index contributed by atoms with van der Waals surface area (Å²) in [6, 6.07) is 73.6. The van der Waals surface area contributed by atoms with Crippen LogP contribution in [0, 0.1) is 0 Å². The number of hydrogen-bond acceptors (Lipinski definition) is 2. The Bertz CT molecular complexity index is 3240. The summed E-state index contributed by atoms with van der Waals surface area (Å²) in [6.45, 7) is 4.72. The number of fused-ring (bicyclic) bond motifs is 9. The minimum atomic E-state index is -3.65. The number of para-hydroxylation sites is 1. The van der Waals surface area contributed by atoms with E-state index >= 15 is 0 Å². The molecule has 1 aliphatic carbocycles. The molecule has 10 aromatic rings. The fourth-order valence-corrected chi connectivity index (χ4v) is 20.9. The molecule has 8 aromatic carbocycles. The Hall–Kier alpha value is -6.82. The number of benzene rings is 8. The second-order valence-corrected chi connectivity index (χ2v) is 24.2. The molecule has 4 heteroatoms. The van der Waals surface area contributed by atoms with E-state index in [0.29, 0.717) is 0 Å². The van der Waals surface area contributed by atoms with Crippen LogP contribution in [-0.4, -0.2) is 27.8 Å². The Balaban J connectivity index is 1.10. The topological polar surface area (TPSA) is 30.7 Å². The molecule has 59 heavy (non-hydrogen) atoms. The Labute approximate surface area is 346 Å². The fourth-order valence-electron chi connectivity index (χ4n) is 10.4. The van der Waals surface area contributed by atoms with E-state index in [2.05, 4.69) is 219 Å². The van der Waals surface area contributed by atoms with Crippen molar-refractivity contribution >= 4 is 52.8 Å². The monoisotopic (exact) mass is 815 g/mol. The van der Waals surface area contributed by atoms with E-state index in [0.717, 1.165) is 33.9 Å². The molecule has 278 valence electrons. The van der Waals surface area contributed by atoms with Gasteiger partial charge in [-0.15, -0.1) is 0 Å². The number of hydrogen-bond donors (Lipinski definition) is 0. The molecule has 0 atom stereocenters. The van der Waals surface area contributed by atoms with Gasteiger partial charge in [0.2, 0.25) is 0 Å². The molecule has 0 bridgehead atoms. The van der Waals surface area contributed by atoms with Crippen molar-refractivity contribution in [3.8, 4) is 50.6 Å². The van der Waals surface area contributed by atoms with E-state index in [-0.39, 0.29) is 5.41 Å². The van der Waals surface area contributed by atoms with Crippen molar-refractivity contribution in [2.24, 2.45) is 0 Å². The second kappa shape index (κ2) is 12.8. The second-order valence-electron chi connectivity index (χ2n) is 16.5. The normalized spacial score (nSPS) is 14.2. The standard InChI is InChI=1S/C55H39GeN3/c1-55(2)46-27-15-12-24-41(46)44-35-50-45(34-47(44)55)42-25-14-17-29-49(42)59(50)40-32-30-36(31-33-40)52-51-43-26-13-16-28-48(43)56(38-20-8-4-9-21-38,39-22-10-5-11-23-39)53(51)58-54(57-52)37-18-6-3-7-19-37/h3-35H,1-2H3. The van der Waals surface area contributed by atoms with E-state index in [1.54, 1.807) is 0 Å². The first-order valence-electron chi connectivity index (χ1n) is 20.5. The predicted octanol–water partition coefficient (Wildman–Crippen LogP) is 10.6. The Kier molecular flexibility index (Phi) is 7.45. The number of nitrogens with zero attached hydrogens (tertiary/aromatic N) is 3. The zero-order valence-corrected chi connectivity index (χ0v) is 35.0. The molecule has 0 N–H and O–H groups in total. The maximum atomic E-state index is 5.68. The summed E-state index contributed by atoms with van der Waals surface area (Å²) in [5.74, 6) is 0.762. The van der Waals surface area contributed by atoms with Gasteiger partial charge in [0.15, 0.2) is 0 Å². The van der Waals surface area contributed by atoms with Crippen molar-refractivity contribution in [1.29, 1.82) is 0 Å². The van der Waals surface area contributed by atoms with Gasteiger partial charge in [-0.25, -0.2) is 0 Å². The van der Waals surface area contributed by atoms with E-state index in [9.17, 15) is 0 Å². The summed E-state index contributed by atoms with van der Waals surface area (Å²) in [4.78, 5) is 11.2. The Morgan fingerprint density at radius 1 is 0.458 bits per heavy atom. The molecule has 0 radical (unpaired) electrons. The van der Waals surface area contributed by atoms with Crippen molar-refractivity contribution in [2.45, 2.75) is 19.3 Å². The van der Waals surface area contributed by atoms with E-state index < -0.39 is 13.3 Å². The summed E-state index contributed by atoms with van der Waals surface area (Å²) >= 11 is -3.65. The van der Waals surface area contributed by atoms with Crippen LogP contribution in [0.3, 0.4) is 0 Å². The predicted molar refractivity (Wildman–Crippen MR) is 247 cm³/mol. The first-order chi connectivity index (χ1) is 29.0. The van der Waals surface area contributed by atoms with Crippen LogP contribution in [0.15, 0.2) is 200 Å². The summed E-state index contributed by atoms with van der Waals surface area (Å²) < 4.78 is 7.78. The molecule has 0 saturated heterocycles. The third kappa shape index (κ3) is 4.83. The van der Waals surface area contributed by atoms with Crippen LogP contribution < -0.4 is 17.7 Å². The molecule has 0 fully saturated rings. The van der Waals surface area contributed by atoms with Crippen LogP contribution >= 0.6 is 0 Å². The summed E-state index contributed by atoms with van der Waals surface area (Å²) in [5.41, 5.74) is 14.4. The van der Waals surface area contributed by atoms with Gasteiger partial charge in [-0.2, -0.15) is 0 Å². The van der Waals surface area contributed by atoms with Gasteiger partial charge in [0, 0.05) is 5.41 Å². The summed E-state index contributed by atoms with van der Waals surface area (Å²) in [5, 5.41) is 2.55. The first kappa shape index (κ1) is 34.2. The van der Waals surface area contributed by atoms with Gasteiger partial charge in [-0.05, 0) is 5.56 Å².